The van der Waals surface area contributed by atoms with Crippen molar-refractivity contribution in [2.75, 3.05) is 20.9 Å². The molecule has 128 valence electrons. The van der Waals surface area contributed by atoms with E-state index in [9.17, 15) is 4.79 Å². The van der Waals surface area contributed by atoms with Crippen LogP contribution in [0.1, 0.15) is 12.5 Å². The van der Waals surface area contributed by atoms with Gasteiger partial charge in [0.15, 0.2) is 0 Å². The van der Waals surface area contributed by atoms with Gasteiger partial charge in [-0.25, -0.2) is 10.4 Å². The van der Waals surface area contributed by atoms with Crippen molar-refractivity contribution >= 4 is 79.5 Å². The zero-order valence-corrected chi connectivity index (χ0v) is 18.6. The Morgan fingerprint density at radius 1 is 1.52 bits per heavy atom. The lowest BCUT2D eigenvalue weighted by molar-refractivity contribution is -0.108. The first kappa shape index (κ1) is 21.2. The lowest BCUT2D eigenvalue weighted by Crippen LogP contribution is -2.44. The molecule has 1 heterocycles. The van der Waals surface area contributed by atoms with E-state index in [1.807, 2.05) is 19.1 Å². The summed E-state index contributed by atoms with van der Waals surface area (Å²) in [6.07, 6.45) is 4.71. The summed E-state index contributed by atoms with van der Waals surface area (Å²) in [5.41, 5.74) is 7.38. The van der Waals surface area contributed by atoms with Gasteiger partial charge in [-0.05, 0) is 18.6 Å². The third-order valence-electron chi connectivity index (χ3n) is 2.73. The van der Waals surface area contributed by atoms with E-state index in [1.165, 1.54) is 16.3 Å². The molecule has 0 saturated heterocycles. The predicted molar refractivity (Wildman–Crippen MR) is 114 cm³/mol. The zero-order valence-electron chi connectivity index (χ0n) is 12.7. The molecule has 0 radical (unpaired) electrons. The molecule has 0 atom stereocenters. The van der Waals surface area contributed by atoms with Crippen molar-refractivity contribution in [1.29, 1.82) is 0 Å². The van der Waals surface area contributed by atoms with Gasteiger partial charge in [0.25, 0.3) is 0 Å². The number of hydrazine groups is 2. The lowest BCUT2D eigenvalue weighted by atomic mass is 10.2. The molecule has 0 aliphatic heterocycles. The Labute approximate surface area is 172 Å². The number of nitrogens with zero attached hydrogens (tertiary/aromatic N) is 1. The molecular formula is C14H18ClI2N3O2S. The van der Waals surface area contributed by atoms with Crippen LogP contribution in [-0.2, 0) is 16.1 Å². The molecule has 0 bridgehead atoms. The van der Waals surface area contributed by atoms with Gasteiger partial charge in [-0.2, -0.15) is 5.53 Å². The average Bonchev–Trinajstić information content (AvgIpc) is 2.92. The number of carbonyl (C=O) groups is 1. The molecule has 5 nitrogen and oxygen atoms in total. The number of ether oxygens (including phenoxy) is 1. The Balaban J connectivity index is 2.98. The fraction of sp³-hybridized carbons (Fsp3) is 0.357. The smallest absolute Gasteiger partial charge is 0.230 e. The highest BCUT2D eigenvalue weighted by atomic mass is 127. The van der Waals surface area contributed by atoms with E-state index in [-0.39, 0.29) is 0 Å². The second-order valence-electron chi connectivity index (χ2n) is 4.33. The van der Waals surface area contributed by atoms with Crippen LogP contribution in [0.2, 0.25) is 5.02 Å². The Morgan fingerprint density at radius 2 is 2.26 bits per heavy atom. The van der Waals surface area contributed by atoms with E-state index in [2.05, 4.69) is 56.1 Å². The Bertz CT molecular complexity index is 578. The highest BCUT2D eigenvalue weighted by Crippen LogP contribution is 2.35. The van der Waals surface area contributed by atoms with Gasteiger partial charge in [0, 0.05) is 26.8 Å². The van der Waals surface area contributed by atoms with Crippen LogP contribution >= 0.6 is 68.1 Å². The fourth-order valence-corrected chi connectivity index (χ4v) is 3.45. The lowest BCUT2D eigenvalue weighted by Gasteiger charge is -2.18. The first-order chi connectivity index (χ1) is 11.1. The number of anilines is 1. The topological polar surface area (TPSA) is 53.6 Å². The van der Waals surface area contributed by atoms with Crippen LogP contribution in [0.15, 0.2) is 28.9 Å². The molecular weight excluding hydrogens is 564 g/mol. The maximum atomic E-state index is 11.2. The summed E-state index contributed by atoms with van der Waals surface area (Å²) in [6, 6.07) is 0. The third-order valence-corrected chi connectivity index (χ3v) is 5.87. The minimum absolute atomic E-state index is 0.294. The molecule has 0 fully saturated rings. The molecule has 23 heavy (non-hydrogen) atoms. The summed E-state index contributed by atoms with van der Waals surface area (Å²) in [4.78, 5) is 11.2. The Kier molecular flexibility index (Phi) is 10.7. The van der Waals surface area contributed by atoms with Gasteiger partial charge in [-0.3, -0.25) is 4.79 Å². The zero-order chi connectivity index (χ0) is 17.2. The van der Waals surface area contributed by atoms with E-state index in [0.29, 0.717) is 23.0 Å². The Morgan fingerprint density at radius 3 is 2.83 bits per heavy atom. The number of carbonyl (C=O) groups excluding carboxylic acids is 1. The highest BCUT2D eigenvalue weighted by molar-refractivity contribution is 14.1. The molecule has 0 aliphatic carbocycles. The summed E-state index contributed by atoms with van der Waals surface area (Å²) in [6.45, 7) is 2.33. The predicted octanol–water partition coefficient (Wildman–Crippen LogP) is 4.22. The van der Waals surface area contributed by atoms with Crippen LogP contribution in [0, 0.1) is 0 Å². The first-order valence-electron chi connectivity index (χ1n) is 6.62. The van der Waals surface area contributed by atoms with Gasteiger partial charge in [-0.15, -0.1) is 11.3 Å². The largest absolute Gasteiger partial charge is 0.489 e. The third kappa shape index (κ3) is 6.50. The number of alkyl halides is 2. The Hall–Kier alpha value is 0.120. The van der Waals surface area contributed by atoms with Crippen LogP contribution < -0.4 is 16.0 Å². The maximum absolute atomic E-state index is 11.2. The molecule has 0 unspecified atom stereocenters. The fourth-order valence-electron chi connectivity index (χ4n) is 1.61. The molecule has 1 aromatic rings. The van der Waals surface area contributed by atoms with Crippen LogP contribution in [0.3, 0.4) is 0 Å². The molecule has 1 aromatic heterocycles. The van der Waals surface area contributed by atoms with Gasteiger partial charge < -0.3 is 4.74 Å². The SMILES string of the molecule is CNNN(C=O)c1scc(Cl)c1COC(/C=C\CI)=C(\C)CI. The second-order valence-corrected chi connectivity index (χ2v) is 7.24. The minimum atomic E-state index is 0.294. The number of hydrogen-bond acceptors (Lipinski definition) is 5. The maximum Gasteiger partial charge on any atom is 0.230 e. The molecule has 1 amide bonds. The van der Waals surface area contributed by atoms with Gasteiger partial charge in [-0.1, -0.05) is 62.9 Å². The van der Waals surface area contributed by atoms with Crippen molar-refractivity contribution < 1.29 is 9.53 Å². The molecule has 2 N–H and O–H groups in total. The first-order valence-corrected chi connectivity index (χ1v) is 10.9. The minimum Gasteiger partial charge on any atom is -0.489 e. The number of hydrogen-bond donors (Lipinski definition) is 2. The van der Waals surface area contributed by atoms with Crippen molar-refractivity contribution in [3.8, 4) is 0 Å². The number of halogens is 3. The van der Waals surface area contributed by atoms with Gasteiger partial charge >= 0.3 is 0 Å². The van der Waals surface area contributed by atoms with Crippen molar-refractivity contribution in [3.05, 3.63) is 39.5 Å². The second kappa shape index (κ2) is 11.6. The summed E-state index contributed by atoms with van der Waals surface area (Å²) >= 11 is 12.2. The van der Waals surface area contributed by atoms with Crippen LogP contribution in [0.5, 0.6) is 0 Å². The number of amides is 1. The molecule has 0 aromatic carbocycles. The van der Waals surface area contributed by atoms with E-state index < -0.39 is 0 Å². The number of nitrogens with one attached hydrogen (secondary N) is 2. The normalized spacial score (nSPS) is 12.4. The molecule has 0 saturated carbocycles. The summed E-state index contributed by atoms with van der Waals surface area (Å²) < 4.78 is 7.74. The van der Waals surface area contributed by atoms with Crippen LogP contribution in [0.25, 0.3) is 0 Å². The van der Waals surface area contributed by atoms with Gasteiger partial charge in [0.2, 0.25) is 6.41 Å². The van der Waals surface area contributed by atoms with E-state index >= 15 is 0 Å². The number of allylic oxidation sites excluding steroid dienone is 3. The summed E-state index contributed by atoms with van der Waals surface area (Å²) in [5, 5.41) is 4.41. The molecule has 1 rings (SSSR count). The molecule has 0 spiro atoms. The van der Waals surface area contributed by atoms with Crippen LogP contribution in [-0.4, -0.2) is 22.3 Å². The summed E-state index contributed by atoms with van der Waals surface area (Å²) in [5.74, 6) is 0.837. The summed E-state index contributed by atoms with van der Waals surface area (Å²) in [7, 11) is 1.68. The van der Waals surface area contributed by atoms with E-state index in [0.717, 1.165) is 25.8 Å². The van der Waals surface area contributed by atoms with Crippen LogP contribution in [0.4, 0.5) is 5.00 Å². The molecule has 0 aliphatic rings. The highest BCUT2D eigenvalue weighted by Gasteiger charge is 2.17. The number of thiophene rings is 1. The number of rotatable bonds is 10. The monoisotopic (exact) mass is 581 g/mol. The van der Waals surface area contributed by atoms with Crippen molar-refractivity contribution in [2.45, 2.75) is 13.5 Å². The van der Waals surface area contributed by atoms with Gasteiger partial charge in [0.1, 0.15) is 17.4 Å². The van der Waals surface area contributed by atoms with Crippen molar-refractivity contribution in [2.24, 2.45) is 0 Å². The van der Waals surface area contributed by atoms with Crippen molar-refractivity contribution in [1.82, 2.24) is 11.0 Å². The van der Waals surface area contributed by atoms with E-state index in [1.54, 1.807) is 12.4 Å². The van der Waals surface area contributed by atoms with Gasteiger partial charge in [0.05, 0.1) is 5.02 Å². The quantitative estimate of drug-likeness (QED) is 0.109. The van der Waals surface area contributed by atoms with E-state index in [4.69, 9.17) is 16.3 Å². The average molecular weight is 582 g/mol. The van der Waals surface area contributed by atoms with Crippen molar-refractivity contribution in [3.63, 3.8) is 0 Å². The molecule has 9 heteroatoms. The standard InChI is InChI=1S/C14H18ClI2N3O2S/c1-10(6-17)13(4-3-5-16)22-7-11-12(15)8-23-14(11)20(9-21)19-18-2/h3-4,8-9,18-19H,5-7H2,1-2H3/b4-3-,13-10+.